The molecule has 432 valence electrons. The first kappa shape index (κ1) is 73.6. The van der Waals surface area contributed by atoms with Crippen molar-refractivity contribution in [2.45, 2.75) is 348 Å². The third kappa shape index (κ3) is 53.6. The predicted molar refractivity (Wildman–Crippen MR) is 333 cm³/mol. The Morgan fingerprint density at radius 3 is 0.500 bits per heavy atom. The third-order valence-corrected chi connectivity index (χ3v) is 15.7. The summed E-state index contributed by atoms with van der Waals surface area (Å²) in [7, 11) is 0. The summed E-state index contributed by atoms with van der Waals surface area (Å²) in [6.45, 7) is 6.86. The van der Waals surface area contributed by atoms with Gasteiger partial charge in [-0.2, -0.15) is 0 Å². The summed E-state index contributed by atoms with van der Waals surface area (Å²) in [5.74, 6) is 0.442. The van der Waals surface area contributed by atoms with Gasteiger partial charge in [0.25, 0.3) is 0 Å². The molecule has 76 heavy (non-hydrogen) atoms. The molecular formula is C72H123AlO3. The van der Waals surface area contributed by atoms with Gasteiger partial charge in [0.1, 0.15) is 0 Å². The molecule has 0 aliphatic heterocycles. The van der Waals surface area contributed by atoms with Crippen LogP contribution in [0.4, 0.5) is 0 Å². The van der Waals surface area contributed by atoms with Crippen molar-refractivity contribution >= 4 is 17.4 Å². The number of rotatable bonds is 51. The zero-order valence-corrected chi connectivity index (χ0v) is 51.9. The molecule has 0 N–H and O–H groups in total. The molecule has 3 aromatic rings. The van der Waals surface area contributed by atoms with Crippen molar-refractivity contribution in [2.24, 2.45) is 0 Å². The van der Waals surface area contributed by atoms with Gasteiger partial charge in [-0.15, -0.1) is 17.2 Å². The summed E-state index contributed by atoms with van der Waals surface area (Å²) in [5.41, 5.74) is 3.62. The Balaban J connectivity index is 0.00000110. The second-order valence-corrected chi connectivity index (χ2v) is 23.1. The number of hydrogen-bond acceptors (Lipinski definition) is 3. The van der Waals surface area contributed by atoms with E-state index in [1.807, 2.05) is 18.2 Å². The zero-order valence-electron chi connectivity index (χ0n) is 50.8. The van der Waals surface area contributed by atoms with E-state index < -0.39 is 0 Å². The van der Waals surface area contributed by atoms with Crippen LogP contribution in [0.2, 0.25) is 0 Å². The van der Waals surface area contributed by atoms with Gasteiger partial charge in [-0.1, -0.05) is 383 Å². The molecule has 0 bridgehead atoms. The van der Waals surface area contributed by atoms with Crippen LogP contribution in [0.1, 0.15) is 346 Å². The molecule has 0 fully saturated rings. The van der Waals surface area contributed by atoms with E-state index in [0.717, 1.165) is 19.3 Å². The number of benzene rings is 3. The summed E-state index contributed by atoms with van der Waals surface area (Å²) in [4.78, 5) is 0. The van der Waals surface area contributed by atoms with E-state index >= 15 is 0 Å². The van der Waals surface area contributed by atoms with E-state index in [-0.39, 0.29) is 34.6 Å². The largest absolute Gasteiger partial charge is 3.00 e. The summed E-state index contributed by atoms with van der Waals surface area (Å²) in [6, 6.07) is 22.1. The molecule has 3 nitrogen and oxygen atoms in total. The van der Waals surface area contributed by atoms with Gasteiger partial charge in [0.15, 0.2) is 0 Å². The second-order valence-electron chi connectivity index (χ2n) is 23.1. The Morgan fingerprint density at radius 1 is 0.211 bits per heavy atom. The molecule has 0 heterocycles. The summed E-state index contributed by atoms with van der Waals surface area (Å²) >= 11 is 0. The topological polar surface area (TPSA) is 69.2 Å². The van der Waals surface area contributed by atoms with E-state index in [1.165, 1.54) is 325 Å². The maximum Gasteiger partial charge on any atom is 3.00 e. The molecule has 0 aromatic heterocycles. The smallest absolute Gasteiger partial charge is 0.872 e. The van der Waals surface area contributed by atoms with Crippen LogP contribution in [0, 0.1) is 0 Å². The molecule has 0 saturated carbocycles. The van der Waals surface area contributed by atoms with Crippen molar-refractivity contribution in [3.05, 3.63) is 89.5 Å². The van der Waals surface area contributed by atoms with Crippen LogP contribution in [0.25, 0.3) is 0 Å². The first-order valence-corrected chi connectivity index (χ1v) is 33.3. The molecule has 0 radical (unpaired) electrons. The van der Waals surface area contributed by atoms with Gasteiger partial charge in [0, 0.05) is 0 Å². The number of aryl methyl sites for hydroxylation is 3. The van der Waals surface area contributed by atoms with Crippen molar-refractivity contribution < 1.29 is 15.3 Å². The fraction of sp³-hybridized carbons (Fsp3) is 0.750. The van der Waals surface area contributed by atoms with Gasteiger partial charge in [-0.25, -0.2) is 0 Å². The average Bonchev–Trinajstić information content (AvgIpc) is 3.41. The third-order valence-electron chi connectivity index (χ3n) is 15.7. The van der Waals surface area contributed by atoms with Crippen molar-refractivity contribution in [1.29, 1.82) is 0 Å². The Hall–Kier alpha value is -2.41. The normalized spacial score (nSPS) is 10.9. The van der Waals surface area contributed by atoms with Gasteiger partial charge in [0.2, 0.25) is 0 Å². The quantitative estimate of drug-likeness (QED) is 0.0418. The minimum absolute atomic E-state index is 0. The average molecular weight is 1060 g/mol. The molecule has 4 heteroatoms. The van der Waals surface area contributed by atoms with Crippen LogP contribution in [0.3, 0.4) is 0 Å². The van der Waals surface area contributed by atoms with Crippen LogP contribution in [-0.4, -0.2) is 17.4 Å². The van der Waals surface area contributed by atoms with Crippen LogP contribution in [0.15, 0.2) is 72.8 Å². The molecule has 3 rings (SSSR count). The van der Waals surface area contributed by atoms with E-state index in [4.69, 9.17) is 0 Å². The number of unbranched alkanes of at least 4 members (excludes halogenated alkanes) is 45. The summed E-state index contributed by atoms with van der Waals surface area (Å²) in [6.07, 6.45) is 70.7. The Bertz CT molecular complexity index is 1390. The van der Waals surface area contributed by atoms with E-state index in [0.29, 0.717) is 0 Å². The fourth-order valence-electron chi connectivity index (χ4n) is 10.7. The van der Waals surface area contributed by atoms with E-state index in [9.17, 15) is 15.3 Å². The molecular weight excluding hydrogens is 940 g/mol. The van der Waals surface area contributed by atoms with Crippen LogP contribution < -0.4 is 15.3 Å². The molecule has 0 spiro atoms. The van der Waals surface area contributed by atoms with E-state index in [1.54, 1.807) is 36.4 Å². The maximum atomic E-state index is 11.3. The van der Waals surface area contributed by atoms with Gasteiger partial charge >= 0.3 is 17.4 Å². The molecule has 0 unspecified atom stereocenters. The molecule has 0 saturated heterocycles. The van der Waals surface area contributed by atoms with Gasteiger partial charge in [0.05, 0.1) is 0 Å². The predicted octanol–water partition coefficient (Wildman–Crippen LogP) is 22.3. The first-order chi connectivity index (χ1) is 37.0. The molecule has 0 aliphatic carbocycles. The maximum absolute atomic E-state index is 11.3. The van der Waals surface area contributed by atoms with Crippen molar-refractivity contribution in [1.82, 2.24) is 0 Å². The zero-order chi connectivity index (χ0) is 54.0. The van der Waals surface area contributed by atoms with Crippen molar-refractivity contribution in [2.75, 3.05) is 0 Å². The molecule has 0 atom stereocenters. The standard InChI is InChI=1S/3C24H42O.Al/c3*1-2-3-4-5-6-7-8-9-10-11-12-13-14-15-16-17-19-23-20-18-21-24(25)22-23;/h3*18,20-22,25H,2-17,19H2,1H3;/q;;;+3/p-3. The minimum Gasteiger partial charge on any atom is -0.872 e. The number of hydrogen-bond donors (Lipinski definition) is 0. The molecule has 0 amide bonds. The SMILES string of the molecule is CCCCCCCCCCCCCCCCCCc1cccc([O-])c1.CCCCCCCCCCCCCCCCCCc1cccc([O-])c1.CCCCCCCCCCCCCCCCCCc1cccc([O-])c1.[Al+3]. The van der Waals surface area contributed by atoms with Crippen LogP contribution in [-0.2, 0) is 19.3 Å². The Labute approximate surface area is 485 Å². The molecule has 0 aliphatic rings. The van der Waals surface area contributed by atoms with Crippen molar-refractivity contribution in [3.63, 3.8) is 0 Å². The van der Waals surface area contributed by atoms with Gasteiger partial charge in [-0.05, 0) is 55.2 Å². The van der Waals surface area contributed by atoms with E-state index in [2.05, 4.69) is 39.0 Å². The summed E-state index contributed by atoms with van der Waals surface area (Å²) < 4.78 is 0. The molecule has 3 aromatic carbocycles. The van der Waals surface area contributed by atoms with Gasteiger partial charge in [-0.3, -0.25) is 0 Å². The fourth-order valence-corrected chi connectivity index (χ4v) is 10.7. The Morgan fingerprint density at radius 2 is 0.355 bits per heavy atom. The second kappa shape index (κ2) is 60.2. The Kier molecular flexibility index (Phi) is 58.3. The first-order valence-electron chi connectivity index (χ1n) is 33.3. The van der Waals surface area contributed by atoms with Crippen LogP contribution in [0.5, 0.6) is 17.2 Å². The minimum atomic E-state index is 0. The van der Waals surface area contributed by atoms with Crippen LogP contribution >= 0.6 is 0 Å². The summed E-state index contributed by atoms with van der Waals surface area (Å²) in [5, 5.41) is 33.8. The van der Waals surface area contributed by atoms with Gasteiger partial charge < -0.3 is 15.3 Å². The van der Waals surface area contributed by atoms with Crippen molar-refractivity contribution in [3.8, 4) is 17.2 Å². The monoisotopic (exact) mass is 1060 g/mol.